The average molecular weight is 606 g/mol. The molecule has 0 saturated heterocycles. The predicted octanol–water partition coefficient (Wildman–Crippen LogP) is 7.43. The molecule has 6 nitrogen and oxygen atoms in total. The van der Waals surface area contributed by atoms with Crippen LogP contribution >= 0.6 is 0 Å². The molecule has 224 valence electrons. The number of halogens is 4. The van der Waals surface area contributed by atoms with E-state index in [4.69, 9.17) is 13.9 Å². The Bertz CT molecular complexity index is 1610. The smallest absolute Gasteiger partial charge is 0.449 e. The van der Waals surface area contributed by atoms with Crippen LogP contribution in [0, 0.1) is 5.82 Å². The van der Waals surface area contributed by atoms with Crippen LogP contribution in [0.25, 0.3) is 22.1 Å². The molecule has 2 aromatic carbocycles. The number of benzene rings is 2. The third-order valence-electron chi connectivity index (χ3n) is 6.42. The fraction of sp³-hybridized carbons (Fsp3) is 0.355. The molecule has 11 heteroatoms. The minimum absolute atomic E-state index is 0.000762. The number of furan rings is 1. The fourth-order valence-electron chi connectivity index (χ4n) is 4.32. The highest BCUT2D eigenvalue weighted by molar-refractivity contribution is 7.86. The van der Waals surface area contributed by atoms with Crippen LogP contribution in [-0.4, -0.2) is 32.3 Å². The molecule has 0 aliphatic rings. The lowest BCUT2D eigenvalue weighted by Crippen LogP contribution is -2.25. The van der Waals surface area contributed by atoms with Crippen LogP contribution in [0.15, 0.2) is 59.1 Å². The molecule has 1 atom stereocenters. The Morgan fingerprint density at radius 2 is 1.79 bits per heavy atom. The molecule has 0 unspecified atom stereocenters. The van der Waals surface area contributed by atoms with Gasteiger partial charge in [-0.1, -0.05) is 18.2 Å². The number of hydrogen-bond donors (Lipinski definition) is 0. The summed E-state index contributed by atoms with van der Waals surface area (Å²) in [6.45, 7) is 7.31. The van der Waals surface area contributed by atoms with Gasteiger partial charge in [0.25, 0.3) is 0 Å². The Kier molecular flexibility index (Phi) is 9.40. The molecule has 2 aromatic heterocycles. The van der Waals surface area contributed by atoms with Crippen molar-refractivity contribution in [1.82, 2.24) is 4.98 Å². The predicted molar refractivity (Wildman–Crippen MR) is 152 cm³/mol. The van der Waals surface area contributed by atoms with E-state index in [1.807, 2.05) is 20.8 Å². The van der Waals surface area contributed by atoms with Crippen molar-refractivity contribution in [2.45, 2.75) is 58.1 Å². The summed E-state index contributed by atoms with van der Waals surface area (Å²) in [5.41, 5.74) is 1.04. The standard InChI is InChI=1S/C31H31F4NO5S/c1-5-39-27(37)17-20-8-6-7-9-25(20)40-18-19-14-21-16-26(31(33,34)35)41-29(21)23(15-19)22-10-12-36-24(28(22)32)11-13-42(38)30(2,3)4/h6-10,12,14-16H,5,11,13,17-18H2,1-4H3/t42-/m0/s1. The summed E-state index contributed by atoms with van der Waals surface area (Å²) in [6, 6.07) is 12.1. The zero-order chi connectivity index (χ0) is 30.7. The lowest BCUT2D eigenvalue weighted by molar-refractivity contribution is -0.152. The van der Waals surface area contributed by atoms with E-state index in [9.17, 15) is 22.2 Å². The van der Waals surface area contributed by atoms with E-state index in [0.717, 1.165) is 6.07 Å². The van der Waals surface area contributed by atoms with Crippen LogP contribution in [0.5, 0.6) is 5.75 Å². The first-order chi connectivity index (χ1) is 19.8. The Labute approximate surface area is 243 Å². The number of alkyl halides is 3. The van der Waals surface area contributed by atoms with Gasteiger partial charge in [-0.15, -0.1) is 0 Å². The number of ether oxygens (including phenoxy) is 2. The van der Waals surface area contributed by atoms with E-state index in [1.54, 1.807) is 31.2 Å². The number of para-hydroxylation sites is 1. The highest BCUT2D eigenvalue weighted by Gasteiger charge is 2.36. The number of carbonyl (C=O) groups is 1. The van der Waals surface area contributed by atoms with Gasteiger partial charge in [0.2, 0.25) is 5.76 Å². The summed E-state index contributed by atoms with van der Waals surface area (Å²) >= 11 is 0. The number of esters is 1. The van der Waals surface area contributed by atoms with E-state index < -0.39 is 39.3 Å². The van der Waals surface area contributed by atoms with Crippen molar-refractivity contribution in [2.24, 2.45) is 0 Å². The topological polar surface area (TPSA) is 78.6 Å². The highest BCUT2D eigenvalue weighted by atomic mass is 32.2. The summed E-state index contributed by atoms with van der Waals surface area (Å²) < 4.78 is 84.8. The molecular formula is C31H31F4NO5S. The van der Waals surface area contributed by atoms with E-state index in [-0.39, 0.29) is 59.6 Å². The number of fused-ring (bicyclic) bond motifs is 1. The summed E-state index contributed by atoms with van der Waals surface area (Å²) in [5, 5.41) is 0.116. The zero-order valence-corrected chi connectivity index (χ0v) is 24.5. The minimum atomic E-state index is -4.75. The quantitative estimate of drug-likeness (QED) is 0.138. The Balaban J connectivity index is 1.72. The molecule has 0 amide bonds. The number of aromatic nitrogens is 1. The number of carbonyl (C=O) groups excluding carboxylic acids is 1. The summed E-state index contributed by atoms with van der Waals surface area (Å²) in [6.07, 6.45) is -3.32. The molecule has 0 aliphatic carbocycles. The van der Waals surface area contributed by atoms with Crippen LogP contribution in [0.4, 0.5) is 17.6 Å². The molecule has 0 N–H and O–H groups in total. The van der Waals surface area contributed by atoms with Crippen molar-refractivity contribution in [1.29, 1.82) is 0 Å². The number of pyridine rings is 1. The van der Waals surface area contributed by atoms with Gasteiger partial charge in [0.05, 0.1) is 18.7 Å². The zero-order valence-electron chi connectivity index (χ0n) is 23.6. The monoisotopic (exact) mass is 605 g/mol. The maximum atomic E-state index is 15.8. The first-order valence-electron chi connectivity index (χ1n) is 13.3. The van der Waals surface area contributed by atoms with Crippen LogP contribution in [0.2, 0.25) is 0 Å². The molecular weight excluding hydrogens is 574 g/mol. The Hall–Kier alpha value is -3.73. The van der Waals surface area contributed by atoms with Crippen LogP contribution in [0.3, 0.4) is 0 Å². The van der Waals surface area contributed by atoms with Crippen molar-refractivity contribution in [3.63, 3.8) is 0 Å². The average Bonchev–Trinajstić information content (AvgIpc) is 3.36. The van der Waals surface area contributed by atoms with Crippen molar-refractivity contribution < 1.29 is 40.5 Å². The third-order valence-corrected chi connectivity index (χ3v) is 8.36. The molecule has 0 bridgehead atoms. The molecule has 0 radical (unpaired) electrons. The Morgan fingerprint density at radius 1 is 1.05 bits per heavy atom. The molecule has 4 aromatic rings. The maximum absolute atomic E-state index is 15.8. The molecule has 2 heterocycles. The SMILES string of the molecule is CCOC(=O)Cc1ccccc1OCc1cc(-c2ccnc(CC[S@](=O)C(C)(C)C)c2F)c2oc(C(F)(F)F)cc2c1. The van der Waals surface area contributed by atoms with E-state index in [1.165, 1.54) is 24.4 Å². The van der Waals surface area contributed by atoms with Gasteiger partial charge in [-0.3, -0.25) is 14.0 Å². The summed E-state index contributed by atoms with van der Waals surface area (Å²) in [5.74, 6) is -1.80. The normalized spacial score (nSPS) is 12.9. The van der Waals surface area contributed by atoms with Gasteiger partial charge >= 0.3 is 12.1 Å². The minimum Gasteiger partial charge on any atom is -0.489 e. The lowest BCUT2D eigenvalue weighted by atomic mass is 9.99. The van der Waals surface area contributed by atoms with E-state index in [0.29, 0.717) is 16.9 Å². The third kappa shape index (κ3) is 7.36. The maximum Gasteiger partial charge on any atom is 0.449 e. The fourth-order valence-corrected chi connectivity index (χ4v) is 5.31. The van der Waals surface area contributed by atoms with Gasteiger partial charge in [-0.05, 0) is 63.6 Å². The summed E-state index contributed by atoms with van der Waals surface area (Å²) in [7, 11) is -1.25. The first-order valence-corrected chi connectivity index (χ1v) is 14.6. The van der Waals surface area contributed by atoms with Gasteiger partial charge in [0.1, 0.15) is 17.9 Å². The van der Waals surface area contributed by atoms with Crippen molar-refractivity contribution in [3.8, 4) is 16.9 Å². The van der Waals surface area contributed by atoms with Crippen molar-refractivity contribution in [2.75, 3.05) is 12.4 Å². The van der Waals surface area contributed by atoms with Gasteiger partial charge in [-0.25, -0.2) is 4.39 Å². The second-order valence-corrected chi connectivity index (χ2v) is 12.9. The summed E-state index contributed by atoms with van der Waals surface area (Å²) in [4.78, 5) is 16.1. The molecule has 0 spiro atoms. The molecule has 42 heavy (non-hydrogen) atoms. The second kappa shape index (κ2) is 12.6. The molecule has 4 rings (SSSR count). The number of nitrogens with zero attached hydrogens (tertiary/aromatic N) is 1. The molecule has 0 fully saturated rings. The van der Waals surface area contributed by atoms with Crippen LogP contribution in [0.1, 0.15) is 50.3 Å². The van der Waals surface area contributed by atoms with Crippen molar-refractivity contribution in [3.05, 3.63) is 83.1 Å². The highest BCUT2D eigenvalue weighted by Crippen LogP contribution is 2.39. The van der Waals surface area contributed by atoms with Crippen LogP contribution < -0.4 is 4.74 Å². The Morgan fingerprint density at radius 3 is 2.48 bits per heavy atom. The number of rotatable bonds is 10. The molecule has 0 aliphatic heterocycles. The first kappa shape index (κ1) is 31.2. The lowest BCUT2D eigenvalue weighted by Gasteiger charge is -2.17. The largest absolute Gasteiger partial charge is 0.489 e. The second-order valence-electron chi connectivity index (χ2n) is 10.6. The number of aryl methyl sites for hydroxylation is 1. The van der Waals surface area contributed by atoms with Gasteiger partial charge in [-0.2, -0.15) is 13.2 Å². The van der Waals surface area contributed by atoms with E-state index >= 15 is 4.39 Å². The number of hydrogen-bond acceptors (Lipinski definition) is 6. The van der Waals surface area contributed by atoms with Gasteiger partial charge < -0.3 is 13.9 Å². The van der Waals surface area contributed by atoms with Crippen LogP contribution in [-0.2, 0) is 46.0 Å². The van der Waals surface area contributed by atoms with Crippen molar-refractivity contribution >= 4 is 27.7 Å². The molecule has 0 saturated carbocycles. The van der Waals surface area contributed by atoms with Gasteiger partial charge in [0, 0.05) is 56.0 Å². The van der Waals surface area contributed by atoms with Gasteiger partial charge in [0.15, 0.2) is 5.82 Å². The van der Waals surface area contributed by atoms with E-state index in [2.05, 4.69) is 4.98 Å².